The van der Waals surface area contributed by atoms with E-state index in [2.05, 4.69) is 11.0 Å². The van der Waals surface area contributed by atoms with Gasteiger partial charge in [0.05, 0.1) is 18.9 Å². The van der Waals surface area contributed by atoms with Gasteiger partial charge in [0, 0.05) is 10.9 Å². The third-order valence-corrected chi connectivity index (χ3v) is 3.87. The molecule has 0 bridgehead atoms. The van der Waals surface area contributed by atoms with Gasteiger partial charge >= 0.3 is 0 Å². The van der Waals surface area contributed by atoms with Crippen LogP contribution in [0.25, 0.3) is 11.0 Å². The predicted octanol–water partition coefficient (Wildman–Crippen LogP) is 2.95. The van der Waals surface area contributed by atoms with Crippen LogP contribution in [0.5, 0.6) is 0 Å². The molecule has 96 valence electrons. The number of nitrogens with zero attached hydrogens (tertiary/aromatic N) is 1. The molecular formula is C15H19NO2. The van der Waals surface area contributed by atoms with Gasteiger partial charge in [0.25, 0.3) is 0 Å². The summed E-state index contributed by atoms with van der Waals surface area (Å²) < 4.78 is 5.58. The highest BCUT2D eigenvalue weighted by Crippen LogP contribution is 2.31. The van der Waals surface area contributed by atoms with E-state index < -0.39 is 0 Å². The Morgan fingerprint density at radius 2 is 1.94 bits per heavy atom. The van der Waals surface area contributed by atoms with Crippen LogP contribution in [0.2, 0.25) is 0 Å². The van der Waals surface area contributed by atoms with Gasteiger partial charge in [-0.25, -0.2) is 0 Å². The van der Waals surface area contributed by atoms with Crippen LogP contribution in [0.15, 0.2) is 34.9 Å². The maximum absolute atomic E-state index is 9.73. The van der Waals surface area contributed by atoms with Crippen LogP contribution >= 0.6 is 0 Å². The largest absolute Gasteiger partial charge is 0.464 e. The average Bonchev–Trinajstić information content (AvgIpc) is 2.85. The minimum Gasteiger partial charge on any atom is -0.464 e. The molecule has 1 fully saturated rings. The molecule has 1 atom stereocenters. The summed E-state index contributed by atoms with van der Waals surface area (Å²) >= 11 is 0. The number of para-hydroxylation sites is 1. The molecule has 0 amide bonds. The van der Waals surface area contributed by atoms with Gasteiger partial charge in [0.15, 0.2) is 0 Å². The smallest absolute Gasteiger partial charge is 0.134 e. The lowest BCUT2D eigenvalue weighted by Gasteiger charge is -2.33. The number of aliphatic hydroxyl groups is 1. The van der Waals surface area contributed by atoms with Gasteiger partial charge in [-0.15, -0.1) is 0 Å². The first-order valence-electron chi connectivity index (χ1n) is 6.71. The Morgan fingerprint density at radius 1 is 1.17 bits per heavy atom. The van der Waals surface area contributed by atoms with E-state index in [1.165, 1.54) is 19.3 Å². The lowest BCUT2D eigenvalue weighted by molar-refractivity contribution is 0.105. The quantitative estimate of drug-likeness (QED) is 0.903. The van der Waals surface area contributed by atoms with E-state index in [9.17, 15) is 5.11 Å². The Bertz CT molecular complexity index is 514. The van der Waals surface area contributed by atoms with Gasteiger partial charge in [0.1, 0.15) is 5.58 Å². The Labute approximate surface area is 107 Å². The fourth-order valence-corrected chi connectivity index (χ4v) is 2.90. The standard InChI is InChI=1S/C15H19NO2/c17-10-14(16-8-4-1-5-9-16)13-11-18-15-7-3-2-6-12(13)15/h2-3,6-7,11,14,17H,1,4-5,8-10H2. The number of rotatable bonds is 3. The molecule has 0 radical (unpaired) electrons. The summed E-state index contributed by atoms with van der Waals surface area (Å²) in [7, 11) is 0. The van der Waals surface area contributed by atoms with E-state index in [1.54, 1.807) is 6.26 Å². The molecule has 0 saturated carbocycles. The molecule has 2 aromatic rings. The van der Waals surface area contributed by atoms with Crippen LogP contribution in [0.1, 0.15) is 30.9 Å². The van der Waals surface area contributed by atoms with E-state index in [1.807, 2.05) is 18.2 Å². The van der Waals surface area contributed by atoms with Gasteiger partial charge in [-0.05, 0) is 32.0 Å². The van der Waals surface area contributed by atoms with Crippen molar-refractivity contribution in [2.75, 3.05) is 19.7 Å². The second-order valence-corrected chi connectivity index (χ2v) is 4.98. The minimum absolute atomic E-state index is 0.0777. The van der Waals surface area contributed by atoms with Crippen LogP contribution in [0.3, 0.4) is 0 Å². The third-order valence-electron chi connectivity index (χ3n) is 3.87. The molecule has 1 aliphatic heterocycles. The van der Waals surface area contributed by atoms with Gasteiger partial charge < -0.3 is 9.52 Å². The second-order valence-electron chi connectivity index (χ2n) is 4.98. The monoisotopic (exact) mass is 245 g/mol. The van der Waals surface area contributed by atoms with Crippen LogP contribution in [0, 0.1) is 0 Å². The summed E-state index contributed by atoms with van der Waals surface area (Å²) in [4.78, 5) is 2.38. The maximum Gasteiger partial charge on any atom is 0.134 e. The lowest BCUT2D eigenvalue weighted by atomic mass is 10.0. The van der Waals surface area contributed by atoms with Crippen molar-refractivity contribution in [2.24, 2.45) is 0 Å². The summed E-state index contributed by atoms with van der Waals surface area (Å²) in [5.74, 6) is 0. The zero-order valence-electron chi connectivity index (χ0n) is 10.5. The zero-order valence-corrected chi connectivity index (χ0v) is 10.5. The highest BCUT2D eigenvalue weighted by atomic mass is 16.3. The number of hydrogen-bond donors (Lipinski definition) is 1. The van der Waals surface area contributed by atoms with Crippen LogP contribution in [-0.4, -0.2) is 29.7 Å². The number of furan rings is 1. The van der Waals surface area contributed by atoms with Gasteiger partial charge in [-0.2, -0.15) is 0 Å². The number of benzene rings is 1. The lowest BCUT2D eigenvalue weighted by Crippen LogP contribution is -2.35. The van der Waals surface area contributed by atoms with Crippen molar-refractivity contribution < 1.29 is 9.52 Å². The summed E-state index contributed by atoms with van der Waals surface area (Å²) in [5.41, 5.74) is 2.03. The highest BCUT2D eigenvalue weighted by Gasteiger charge is 2.24. The summed E-state index contributed by atoms with van der Waals surface area (Å²) in [6.07, 6.45) is 5.57. The molecule has 1 N–H and O–H groups in total. The first-order valence-corrected chi connectivity index (χ1v) is 6.71. The SMILES string of the molecule is OCC(c1coc2ccccc12)N1CCCCC1. The molecule has 1 aromatic heterocycles. The summed E-state index contributed by atoms with van der Waals surface area (Å²) in [5, 5.41) is 10.9. The average molecular weight is 245 g/mol. The van der Waals surface area contributed by atoms with Crippen molar-refractivity contribution in [1.29, 1.82) is 0 Å². The number of hydrogen-bond acceptors (Lipinski definition) is 3. The molecule has 3 heteroatoms. The molecule has 1 saturated heterocycles. The first kappa shape index (κ1) is 11.8. The molecule has 3 rings (SSSR count). The zero-order chi connectivity index (χ0) is 12.4. The second kappa shape index (κ2) is 5.12. The number of fused-ring (bicyclic) bond motifs is 1. The highest BCUT2D eigenvalue weighted by molar-refractivity contribution is 5.81. The minimum atomic E-state index is 0.0777. The fraction of sp³-hybridized carbons (Fsp3) is 0.467. The van der Waals surface area contributed by atoms with Crippen LogP contribution in [0.4, 0.5) is 0 Å². The summed E-state index contributed by atoms with van der Waals surface area (Å²) in [6.45, 7) is 2.30. The molecule has 18 heavy (non-hydrogen) atoms. The van der Waals surface area contributed by atoms with E-state index in [0.29, 0.717) is 0 Å². The fourth-order valence-electron chi connectivity index (χ4n) is 2.90. The van der Waals surface area contributed by atoms with Crippen molar-refractivity contribution in [3.8, 4) is 0 Å². The van der Waals surface area contributed by atoms with E-state index in [-0.39, 0.29) is 12.6 Å². The van der Waals surface area contributed by atoms with Crippen molar-refractivity contribution in [3.63, 3.8) is 0 Å². The van der Waals surface area contributed by atoms with E-state index >= 15 is 0 Å². The Morgan fingerprint density at radius 3 is 2.72 bits per heavy atom. The van der Waals surface area contributed by atoms with E-state index in [0.717, 1.165) is 29.6 Å². The molecule has 1 unspecified atom stereocenters. The molecule has 3 nitrogen and oxygen atoms in total. The number of piperidine rings is 1. The third kappa shape index (κ3) is 2.04. The normalized spacial score (nSPS) is 19.2. The maximum atomic E-state index is 9.73. The Hall–Kier alpha value is -1.32. The molecular weight excluding hydrogens is 226 g/mol. The predicted molar refractivity (Wildman–Crippen MR) is 71.5 cm³/mol. The van der Waals surface area contributed by atoms with Gasteiger partial charge in [-0.3, -0.25) is 4.90 Å². The van der Waals surface area contributed by atoms with Gasteiger partial charge in [-0.1, -0.05) is 24.6 Å². The van der Waals surface area contributed by atoms with Crippen molar-refractivity contribution in [2.45, 2.75) is 25.3 Å². The van der Waals surface area contributed by atoms with E-state index in [4.69, 9.17) is 4.42 Å². The van der Waals surface area contributed by atoms with Crippen molar-refractivity contribution in [1.82, 2.24) is 4.90 Å². The summed E-state index contributed by atoms with van der Waals surface area (Å²) in [6, 6.07) is 8.12. The molecule has 1 aromatic carbocycles. The molecule has 0 spiro atoms. The van der Waals surface area contributed by atoms with Gasteiger partial charge in [0.2, 0.25) is 0 Å². The topological polar surface area (TPSA) is 36.6 Å². The van der Waals surface area contributed by atoms with Crippen molar-refractivity contribution in [3.05, 3.63) is 36.1 Å². The Kier molecular flexibility index (Phi) is 3.35. The molecule has 1 aliphatic rings. The first-order chi connectivity index (χ1) is 8.90. The van der Waals surface area contributed by atoms with Crippen LogP contribution < -0.4 is 0 Å². The molecule has 2 heterocycles. The molecule has 0 aliphatic carbocycles. The Balaban J connectivity index is 1.95. The number of aliphatic hydroxyl groups excluding tert-OH is 1. The number of likely N-dealkylation sites (tertiary alicyclic amines) is 1. The van der Waals surface area contributed by atoms with Crippen molar-refractivity contribution >= 4 is 11.0 Å². The van der Waals surface area contributed by atoms with Crippen LogP contribution in [-0.2, 0) is 0 Å².